The fraction of sp³-hybridized carbons (Fsp3) is 1.00. The second kappa shape index (κ2) is 5.34. The first-order chi connectivity index (χ1) is 7.24. The van der Waals surface area contributed by atoms with Gasteiger partial charge in [-0.1, -0.05) is 39.5 Å². The Morgan fingerprint density at radius 1 is 1.07 bits per heavy atom. The van der Waals surface area contributed by atoms with Crippen LogP contribution in [0.4, 0.5) is 0 Å². The molecule has 0 aliphatic heterocycles. The highest BCUT2D eigenvalue weighted by atomic mass is 14.9. The smallest absolute Gasteiger partial charge is 0.00683 e. The molecule has 0 bridgehead atoms. The van der Waals surface area contributed by atoms with E-state index in [0.717, 1.165) is 23.8 Å². The minimum atomic E-state index is 0.888. The highest BCUT2D eigenvalue weighted by molar-refractivity contribution is 4.82. The fourth-order valence-electron chi connectivity index (χ4n) is 2.87. The van der Waals surface area contributed by atoms with Gasteiger partial charge in [0.15, 0.2) is 0 Å². The van der Waals surface area contributed by atoms with Gasteiger partial charge >= 0.3 is 0 Å². The summed E-state index contributed by atoms with van der Waals surface area (Å²) in [6.07, 6.45) is 10.3. The van der Waals surface area contributed by atoms with Crippen molar-refractivity contribution < 1.29 is 0 Å². The molecule has 2 aliphatic rings. The van der Waals surface area contributed by atoms with E-state index in [1.54, 1.807) is 0 Å². The number of hydrogen-bond acceptors (Lipinski definition) is 1. The van der Waals surface area contributed by atoms with Crippen LogP contribution in [-0.4, -0.2) is 12.6 Å². The van der Waals surface area contributed by atoms with Crippen LogP contribution in [0.3, 0.4) is 0 Å². The van der Waals surface area contributed by atoms with E-state index in [4.69, 9.17) is 0 Å². The van der Waals surface area contributed by atoms with Crippen molar-refractivity contribution in [1.82, 2.24) is 5.32 Å². The zero-order valence-corrected chi connectivity index (χ0v) is 10.5. The Labute approximate surface area is 95.0 Å². The third kappa shape index (κ3) is 4.14. The second-order valence-electron chi connectivity index (χ2n) is 6.15. The average Bonchev–Trinajstić information content (AvgIpc) is 3.02. The van der Waals surface area contributed by atoms with E-state index in [2.05, 4.69) is 19.2 Å². The van der Waals surface area contributed by atoms with Crippen LogP contribution in [0.25, 0.3) is 0 Å². The number of hydrogen-bond donors (Lipinski definition) is 1. The lowest BCUT2D eigenvalue weighted by molar-refractivity contribution is 0.248. The molecule has 2 saturated carbocycles. The third-order valence-corrected chi connectivity index (χ3v) is 4.20. The van der Waals surface area contributed by atoms with Crippen molar-refractivity contribution in [2.75, 3.05) is 6.54 Å². The molecule has 1 heteroatoms. The molecule has 0 aromatic heterocycles. The van der Waals surface area contributed by atoms with Crippen molar-refractivity contribution in [3.63, 3.8) is 0 Å². The van der Waals surface area contributed by atoms with Crippen LogP contribution in [0.1, 0.15) is 58.8 Å². The second-order valence-corrected chi connectivity index (χ2v) is 6.15. The van der Waals surface area contributed by atoms with Crippen molar-refractivity contribution in [3.8, 4) is 0 Å². The summed E-state index contributed by atoms with van der Waals surface area (Å²) in [7, 11) is 0. The van der Waals surface area contributed by atoms with Gasteiger partial charge in [-0.05, 0) is 43.6 Å². The summed E-state index contributed by atoms with van der Waals surface area (Å²) in [6, 6.07) is 0.888. The molecule has 2 rings (SSSR count). The third-order valence-electron chi connectivity index (χ3n) is 4.20. The monoisotopic (exact) mass is 209 g/mol. The van der Waals surface area contributed by atoms with Gasteiger partial charge in [0.25, 0.3) is 0 Å². The summed E-state index contributed by atoms with van der Waals surface area (Å²) < 4.78 is 0. The summed E-state index contributed by atoms with van der Waals surface area (Å²) in [5.41, 5.74) is 0. The molecule has 2 fully saturated rings. The van der Waals surface area contributed by atoms with Crippen molar-refractivity contribution in [3.05, 3.63) is 0 Å². The summed E-state index contributed by atoms with van der Waals surface area (Å²) in [6.45, 7) is 6.10. The molecule has 0 aromatic rings. The highest BCUT2D eigenvalue weighted by Crippen LogP contribution is 2.32. The molecule has 1 unspecified atom stereocenters. The molecule has 88 valence electrons. The van der Waals surface area contributed by atoms with Gasteiger partial charge in [0.1, 0.15) is 0 Å². The Kier molecular flexibility index (Phi) is 4.07. The van der Waals surface area contributed by atoms with Gasteiger partial charge in [0, 0.05) is 6.04 Å². The Morgan fingerprint density at radius 2 is 1.73 bits per heavy atom. The molecule has 1 atom stereocenters. The molecule has 0 heterocycles. The van der Waals surface area contributed by atoms with Crippen LogP contribution in [0, 0.1) is 17.8 Å². The molecule has 0 spiro atoms. The van der Waals surface area contributed by atoms with Crippen molar-refractivity contribution in [1.29, 1.82) is 0 Å². The van der Waals surface area contributed by atoms with Crippen LogP contribution in [0.5, 0.6) is 0 Å². The largest absolute Gasteiger partial charge is 0.314 e. The quantitative estimate of drug-likeness (QED) is 0.729. The van der Waals surface area contributed by atoms with Gasteiger partial charge in [0.05, 0.1) is 0 Å². The van der Waals surface area contributed by atoms with E-state index in [0.29, 0.717) is 0 Å². The van der Waals surface area contributed by atoms with Crippen molar-refractivity contribution >= 4 is 0 Å². The molecule has 0 aromatic carbocycles. The Balaban J connectivity index is 1.58. The molecule has 1 N–H and O–H groups in total. The fourth-order valence-corrected chi connectivity index (χ4v) is 2.87. The lowest BCUT2D eigenvalue weighted by Crippen LogP contribution is -2.25. The Morgan fingerprint density at radius 3 is 2.33 bits per heavy atom. The molecule has 2 aliphatic carbocycles. The number of nitrogens with one attached hydrogen (secondary N) is 1. The van der Waals surface area contributed by atoms with Gasteiger partial charge in [-0.3, -0.25) is 0 Å². The normalized spacial score (nSPS) is 34.0. The number of rotatable bonds is 5. The lowest BCUT2D eigenvalue weighted by Gasteiger charge is -2.28. The van der Waals surface area contributed by atoms with Gasteiger partial charge in [-0.15, -0.1) is 0 Å². The van der Waals surface area contributed by atoms with Crippen molar-refractivity contribution in [2.45, 2.75) is 64.8 Å². The first-order valence-corrected chi connectivity index (χ1v) is 6.97. The summed E-state index contributed by atoms with van der Waals surface area (Å²) >= 11 is 0. The van der Waals surface area contributed by atoms with Crippen LogP contribution >= 0.6 is 0 Å². The Hall–Kier alpha value is -0.0400. The van der Waals surface area contributed by atoms with E-state index in [1.165, 1.54) is 51.5 Å². The molecular weight excluding hydrogens is 182 g/mol. The first-order valence-electron chi connectivity index (χ1n) is 6.97. The predicted molar refractivity (Wildman–Crippen MR) is 65.9 cm³/mol. The first kappa shape index (κ1) is 11.4. The molecule has 1 nitrogen and oxygen atoms in total. The van der Waals surface area contributed by atoms with Crippen LogP contribution < -0.4 is 5.32 Å². The van der Waals surface area contributed by atoms with Gasteiger partial charge in [-0.25, -0.2) is 0 Å². The molecule has 0 radical (unpaired) electrons. The minimum absolute atomic E-state index is 0.888. The zero-order chi connectivity index (χ0) is 10.7. The Bertz CT molecular complexity index is 178. The average molecular weight is 209 g/mol. The van der Waals surface area contributed by atoms with E-state index >= 15 is 0 Å². The van der Waals surface area contributed by atoms with Crippen molar-refractivity contribution in [2.24, 2.45) is 17.8 Å². The van der Waals surface area contributed by atoms with E-state index in [1.807, 2.05) is 0 Å². The summed E-state index contributed by atoms with van der Waals surface area (Å²) in [5, 5.41) is 3.65. The van der Waals surface area contributed by atoms with E-state index in [-0.39, 0.29) is 0 Å². The molecular formula is C14H27N. The standard InChI is InChI=1S/C14H27N/c1-11-3-5-13(6-4-11)9-12(2)10-15-14-7-8-14/h11-15H,3-10H2,1-2H3. The molecule has 0 amide bonds. The maximum Gasteiger partial charge on any atom is 0.00683 e. The topological polar surface area (TPSA) is 12.0 Å². The zero-order valence-electron chi connectivity index (χ0n) is 10.5. The molecule has 0 saturated heterocycles. The summed E-state index contributed by atoms with van der Waals surface area (Å²) in [5.74, 6) is 2.93. The van der Waals surface area contributed by atoms with Crippen LogP contribution in [-0.2, 0) is 0 Å². The SMILES string of the molecule is CC1CCC(CC(C)CNC2CC2)CC1. The summed E-state index contributed by atoms with van der Waals surface area (Å²) in [4.78, 5) is 0. The lowest BCUT2D eigenvalue weighted by atomic mass is 9.79. The minimum Gasteiger partial charge on any atom is -0.314 e. The maximum atomic E-state index is 3.65. The predicted octanol–water partition coefficient (Wildman–Crippen LogP) is 3.59. The van der Waals surface area contributed by atoms with Crippen LogP contribution in [0.2, 0.25) is 0 Å². The molecule has 15 heavy (non-hydrogen) atoms. The van der Waals surface area contributed by atoms with E-state index < -0.39 is 0 Å². The van der Waals surface area contributed by atoms with E-state index in [9.17, 15) is 0 Å². The maximum absolute atomic E-state index is 3.65. The van der Waals surface area contributed by atoms with Gasteiger partial charge in [-0.2, -0.15) is 0 Å². The highest BCUT2D eigenvalue weighted by Gasteiger charge is 2.23. The van der Waals surface area contributed by atoms with Gasteiger partial charge in [0.2, 0.25) is 0 Å². The van der Waals surface area contributed by atoms with Crippen LogP contribution in [0.15, 0.2) is 0 Å². The van der Waals surface area contributed by atoms with Gasteiger partial charge < -0.3 is 5.32 Å².